The molecule has 3 aromatic rings. The van der Waals surface area contributed by atoms with E-state index in [4.69, 9.17) is 5.73 Å². The molecule has 21 heavy (non-hydrogen) atoms. The monoisotopic (exact) mass is 407 g/mol. The summed E-state index contributed by atoms with van der Waals surface area (Å²) in [6, 6.07) is 13.7. The molecule has 0 unspecified atom stereocenters. The van der Waals surface area contributed by atoms with Gasteiger partial charge in [0.25, 0.3) is 0 Å². The van der Waals surface area contributed by atoms with Gasteiger partial charge in [0.1, 0.15) is 0 Å². The summed E-state index contributed by atoms with van der Waals surface area (Å²) in [5.41, 5.74) is 8.58. The van der Waals surface area contributed by atoms with Crippen molar-refractivity contribution in [3.05, 3.63) is 57.0 Å². The van der Waals surface area contributed by atoms with Gasteiger partial charge in [-0.05, 0) is 62.3 Å². The van der Waals surface area contributed by atoms with E-state index in [0.29, 0.717) is 18.1 Å². The maximum atomic E-state index is 5.92. The van der Waals surface area contributed by atoms with Crippen molar-refractivity contribution in [3.63, 3.8) is 0 Å². The third kappa shape index (κ3) is 3.14. The Morgan fingerprint density at radius 1 is 1.05 bits per heavy atom. The lowest BCUT2D eigenvalue weighted by Gasteiger charge is -2.06. The third-order valence-corrected chi connectivity index (χ3v) is 4.28. The van der Waals surface area contributed by atoms with Crippen LogP contribution in [0.2, 0.25) is 0 Å². The zero-order valence-electron chi connectivity index (χ0n) is 10.9. The Morgan fingerprint density at radius 3 is 2.52 bits per heavy atom. The van der Waals surface area contributed by atoms with Crippen molar-refractivity contribution in [2.24, 2.45) is 0 Å². The van der Waals surface area contributed by atoms with E-state index >= 15 is 0 Å². The van der Waals surface area contributed by atoms with Crippen molar-refractivity contribution in [2.75, 3.05) is 5.73 Å². The first-order valence-electron chi connectivity index (χ1n) is 6.19. The highest BCUT2D eigenvalue weighted by Crippen LogP contribution is 2.25. The Labute approximate surface area is 138 Å². The molecule has 0 bridgehead atoms. The van der Waals surface area contributed by atoms with Crippen molar-refractivity contribution in [3.8, 4) is 11.4 Å². The van der Waals surface area contributed by atoms with Gasteiger partial charge >= 0.3 is 0 Å². The molecule has 1 heterocycles. The quantitative estimate of drug-likeness (QED) is 0.673. The fourth-order valence-electron chi connectivity index (χ4n) is 1.96. The van der Waals surface area contributed by atoms with E-state index in [1.807, 2.05) is 42.5 Å². The Balaban J connectivity index is 1.93. The van der Waals surface area contributed by atoms with Crippen LogP contribution in [0.4, 0.5) is 5.69 Å². The van der Waals surface area contributed by atoms with Gasteiger partial charge in [0.05, 0.1) is 6.54 Å². The smallest absolute Gasteiger partial charge is 0.182 e. The molecule has 0 aliphatic heterocycles. The standard InChI is InChI=1S/C14H11Br2N5/c15-11-4-1-9(2-5-11)8-21-14(18-19-20-21)10-3-6-12(16)13(17)7-10/h1-7H,8,17H2. The Morgan fingerprint density at radius 2 is 1.81 bits per heavy atom. The highest BCUT2D eigenvalue weighted by Gasteiger charge is 2.10. The van der Waals surface area contributed by atoms with Crippen molar-refractivity contribution >= 4 is 37.5 Å². The number of anilines is 1. The number of hydrogen-bond acceptors (Lipinski definition) is 4. The van der Waals surface area contributed by atoms with Crippen LogP contribution in [-0.2, 0) is 6.54 Å². The van der Waals surface area contributed by atoms with Crippen LogP contribution in [0, 0.1) is 0 Å². The molecule has 0 spiro atoms. The molecule has 0 amide bonds. The summed E-state index contributed by atoms with van der Waals surface area (Å²) in [4.78, 5) is 0. The van der Waals surface area contributed by atoms with Gasteiger partial charge in [0.2, 0.25) is 0 Å². The number of rotatable bonds is 3. The number of benzene rings is 2. The number of tetrazole rings is 1. The van der Waals surface area contributed by atoms with Crippen LogP contribution in [0.25, 0.3) is 11.4 Å². The van der Waals surface area contributed by atoms with Crippen LogP contribution < -0.4 is 5.73 Å². The molecule has 0 fully saturated rings. The maximum absolute atomic E-state index is 5.92. The van der Waals surface area contributed by atoms with E-state index in [2.05, 4.69) is 47.4 Å². The summed E-state index contributed by atoms with van der Waals surface area (Å²) in [6.07, 6.45) is 0. The molecule has 106 valence electrons. The SMILES string of the molecule is Nc1cc(-c2nnnn2Cc2ccc(Br)cc2)ccc1Br. The zero-order valence-corrected chi connectivity index (χ0v) is 14.0. The van der Waals surface area contributed by atoms with Gasteiger partial charge in [0, 0.05) is 20.2 Å². The number of nitrogen functional groups attached to an aromatic ring is 1. The van der Waals surface area contributed by atoms with Crippen LogP contribution >= 0.6 is 31.9 Å². The maximum Gasteiger partial charge on any atom is 0.182 e. The summed E-state index contributed by atoms with van der Waals surface area (Å²) in [5, 5.41) is 11.9. The number of nitrogens with zero attached hydrogens (tertiary/aromatic N) is 4. The summed E-state index contributed by atoms with van der Waals surface area (Å²) in [6.45, 7) is 0.603. The number of nitrogens with two attached hydrogens (primary N) is 1. The summed E-state index contributed by atoms with van der Waals surface area (Å²) in [7, 11) is 0. The topological polar surface area (TPSA) is 69.6 Å². The molecule has 0 saturated heterocycles. The van der Waals surface area contributed by atoms with Gasteiger partial charge in [-0.2, -0.15) is 0 Å². The van der Waals surface area contributed by atoms with E-state index in [0.717, 1.165) is 20.1 Å². The average Bonchev–Trinajstić information content (AvgIpc) is 2.92. The lowest BCUT2D eigenvalue weighted by atomic mass is 10.2. The molecule has 0 aliphatic carbocycles. The fraction of sp³-hybridized carbons (Fsp3) is 0.0714. The number of aromatic nitrogens is 4. The molecule has 1 aromatic heterocycles. The van der Waals surface area contributed by atoms with Crippen LogP contribution in [0.1, 0.15) is 5.56 Å². The highest BCUT2D eigenvalue weighted by molar-refractivity contribution is 9.10. The second kappa shape index (κ2) is 5.95. The predicted molar refractivity (Wildman–Crippen MR) is 88.6 cm³/mol. The first-order chi connectivity index (χ1) is 10.1. The Hall–Kier alpha value is -1.73. The largest absolute Gasteiger partial charge is 0.398 e. The Bertz CT molecular complexity index is 767. The van der Waals surface area contributed by atoms with Crippen molar-refractivity contribution < 1.29 is 0 Å². The molecule has 0 saturated carbocycles. The minimum Gasteiger partial charge on any atom is -0.398 e. The number of halogens is 2. The highest BCUT2D eigenvalue weighted by atomic mass is 79.9. The van der Waals surface area contributed by atoms with Gasteiger partial charge in [-0.3, -0.25) is 0 Å². The van der Waals surface area contributed by atoms with Crippen LogP contribution in [0.5, 0.6) is 0 Å². The van der Waals surface area contributed by atoms with E-state index < -0.39 is 0 Å². The minimum absolute atomic E-state index is 0.603. The summed E-state index contributed by atoms with van der Waals surface area (Å²) in [5.74, 6) is 0.692. The molecular weight excluding hydrogens is 398 g/mol. The van der Waals surface area contributed by atoms with Crippen LogP contribution in [0.15, 0.2) is 51.4 Å². The average molecular weight is 409 g/mol. The van der Waals surface area contributed by atoms with Crippen LogP contribution in [-0.4, -0.2) is 20.2 Å². The van der Waals surface area contributed by atoms with E-state index in [-0.39, 0.29) is 0 Å². The van der Waals surface area contributed by atoms with E-state index in [9.17, 15) is 0 Å². The minimum atomic E-state index is 0.603. The second-order valence-corrected chi connectivity index (χ2v) is 6.29. The molecule has 2 N–H and O–H groups in total. The second-order valence-electron chi connectivity index (χ2n) is 4.52. The molecule has 7 heteroatoms. The van der Waals surface area contributed by atoms with Gasteiger partial charge < -0.3 is 5.73 Å². The third-order valence-electron chi connectivity index (χ3n) is 3.03. The van der Waals surface area contributed by atoms with Crippen molar-refractivity contribution in [1.82, 2.24) is 20.2 Å². The lowest BCUT2D eigenvalue weighted by Crippen LogP contribution is -2.04. The Kier molecular flexibility index (Phi) is 4.03. The van der Waals surface area contributed by atoms with Crippen LogP contribution in [0.3, 0.4) is 0 Å². The fourth-order valence-corrected chi connectivity index (χ4v) is 2.47. The normalized spacial score (nSPS) is 10.8. The molecule has 0 atom stereocenters. The number of hydrogen-bond donors (Lipinski definition) is 1. The molecule has 5 nitrogen and oxygen atoms in total. The zero-order chi connectivity index (χ0) is 14.8. The van der Waals surface area contributed by atoms with E-state index in [1.54, 1.807) is 4.68 Å². The predicted octanol–water partition coefficient (Wildman–Crippen LogP) is 3.50. The lowest BCUT2D eigenvalue weighted by molar-refractivity contribution is 0.653. The van der Waals surface area contributed by atoms with E-state index in [1.165, 1.54) is 0 Å². The first-order valence-corrected chi connectivity index (χ1v) is 7.78. The summed E-state index contributed by atoms with van der Waals surface area (Å²) < 4.78 is 3.66. The molecule has 0 radical (unpaired) electrons. The van der Waals surface area contributed by atoms with Crippen molar-refractivity contribution in [1.29, 1.82) is 0 Å². The van der Waals surface area contributed by atoms with Crippen molar-refractivity contribution in [2.45, 2.75) is 6.54 Å². The molecule has 3 rings (SSSR count). The molecule has 0 aliphatic rings. The van der Waals surface area contributed by atoms with Gasteiger partial charge in [-0.15, -0.1) is 5.10 Å². The molecular formula is C14H11Br2N5. The van der Waals surface area contributed by atoms with Gasteiger partial charge in [-0.25, -0.2) is 4.68 Å². The first kappa shape index (κ1) is 14.2. The summed E-state index contributed by atoms with van der Waals surface area (Å²) >= 11 is 6.81. The van der Waals surface area contributed by atoms with Gasteiger partial charge in [-0.1, -0.05) is 28.1 Å². The van der Waals surface area contributed by atoms with Gasteiger partial charge in [0.15, 0.2) is 5.82 Å². The molecule has 2 aromatic carbocycles.